The predicted octanol–water partition coefficient (Wildman–Crippen LogP) is -0.177. The summed E-state index contributed by atoms with van der Waals surface area (Å²) in [7, 11) is 0. The van der Waals surface area contributed by atoms with Crippen molar-refractivity contribution in [2.45, 2.75) is 19.0 Å². The number of nitrogens with one attached hydrogen (secondary N) is 2. The van der Waals surface area contributed by atoms with Crippen LogP contribution < -0.4 is 10.8 Å². The van der Waals surface area contributed by atoms with Crippen LogP contribution in [0.2, 0.25) is 0 Å². The zero-order chi connectivity index (χ0) is 15.1. The topological polar surface area (TPSA) is 136 Å². The van der Waals surface area contributed by atoms with Crippen molar-refractivity contribution in [3.63, 3.8) is 0 Å². The fraction of sp³-hybridized carbons (Fsp3) is 0.250. The van der Waals surface area contributed by atoms with Gasteiger partial charge in [0, 0.05) is 6.54 Å². The number of hydrogen-bond acceptors (Lipinski definition) is 5. The van der Waals surface area contributed by atoms with Gasteiger partial charge in [-0.15, -0.1) is 0 Å². The van der Waals surface area contributed by atoms with Gasteiger partial charge in [-0.3, -0.25) is 14.8 Å². The van der Waals surface area contributed by atoms with Crippen LogP contribution in [0.4, 0.5) is 0 Å². The molecule has 0 spiro atoms. The fourth-order valence-corrected chi connectivity index (χ4v) is 1.57. The third-order valence-electron chi connectivity index (χ3n) is 2.53. The molecule has 0 aliphatic heterocycles. The van der Waals surface area contributed by atoms with Crippen molar-refractivity contribution < 1.29 is 29.8 Å². The molecule has 8 heteroatoms. The van der Waals surface area contributed by atoms with Gasteiger partial charge in [-0.05, 0) is 17.7 Å². The van der Waals surface area contributed by atoms with Crippen LogP contribution in [0, 0.1) is 0 Å². The number of benzene rings is 1. The van der Waals surface area contributed by atoms with Gasteiger partial charge in [0.05, 0.1) is 18.0 Å². The first-order valence-electron chi connectivity index (χ1n) is 5.65. The summed E-state index contributed by atoms with van der Waals surface area (Å²) in [5.41, 5.74) is 2.04. The van der Waals surface area contributed by atoms with E-state index in [1.807, 2.05) is 0 Å². The van der Waals surface area contributed by atoms with Crippen molar-refractivity contribution in [3.8, 4) is 0 Å². The van der Waals surface area contributed by atoms with E-state index in [0.29, 0.717) is 5.56 Å². The molecule has 20 heavy (non-hydrogen) atoms. The first-order chi connectivity index (χ1) is 9.43. The number of carboxylic acids is 2. The number of aromatic carboxylic acids is 1. The van der Waals surface area contributed by atoms with Crippen LogP contribution in [0.1, 0.15) is 22.3 Å². The molecule has 0 radical (unpaired) electrons. The third kappa shape index (κ3) is 4.67. The zero-order valence-corrected chi connectivity index (χ0v) is 10.4. The Bertz CT molecular complexity index is 516. The molecular weight excluding hydrogens is 268 g/mol. The molecule has 108 valence electrons. The van der Waals surface area contributed by atoms with Crippen LogP contribution in [0.25, 0.3) is 0 Å². The highest BCUT2D eigenvalue weighted by Crippen LogP contribution is 2.06. The summed E-state index contributed by atoms with van der Waals surface area (Å²) < 4.78 is 0. The van der Waals surface area contributed by atoms with Gasteiger partial charge in [0.2, 0.25) is 0 Å². The number of aliphatic carboxylic acids is 1. The van der Waals surface area contributed by atoms with Gasteiger partial charge in [0.1, 0.15) is 0 Å². The van der Waals surface area contributed by atoms with Crippen molar-refractivity contribution >= 4 is 17.8 Å². The molecule has 0 heterocycles. The van der Waals surface area contributed by atoms with Crippen molar-refractivity contribution in [1.29, 1.82) is 0 Å². The van der Waals surface area contributed by atoms with E-state index in [1.54, 1.807) is 12.1 Å². The molecule has 0 aliphatic rings. The van der Waals surface area contributed by atoms with E-state index >= 15 is 0 Å². The second-order valence-corrected chi connectivity index (χ2v) is 4.01. The molecule has 0 aromatic heterocycles. The molecule has 1 amide bonds. The van der Waals surface area contributed by atoms with E-state index in [-0.39, 0.29) is 12.1 Å². The largest absolute Gasteiger partial charge is 0.481 e. The summed E-state index contributed by atoms with van der Waals surface area (Å²) in [4.78, 5) is 32.7. The second kappa shape index (κ2) is 7.22. The highest BCUT2D eigenvalue weighted by molar-refractivity contribution is 5.87. The number of carboxylic acid groups (broad SMARTS) is 2. The van der Waals surface area contributed by atoms with E-state index in [4.69, 9.17) is 15.4 Å². The summed E-state index contributed by atoms with van der Waals surface area (Å²) in [6.07, 6.45) is -0.509. The minimum atomic E-state index is -1.20. The second-order valence-electron chi connectivity index (χ2n) is 4.01. The fourth-order valence-electron chi connectivity index (χ4n) is 1.57. The van der Waals surface area contributed by atoms with Gasteiger partial charge < -0.3 is 15.5 Å². The summed E-state index contributed by atoms with van der Waals surface area (Å²) in [6, 6.07) is 4.88. The van der Waals surface area contributed by atoms with Crippen molar-refractivity contribution in [2.24, 2.45) is 0 Å². The van der Waals surface area contributed by atoms with E-state index in [2.05, 4.69) is 5.32 Å². The molecule has 5 N–H and O–H groups in total. The number of carbonyl (C=O) groups is 3. The molecule has 0 fully saturated rings. The molecule has 1 rings (SSSR count). The molecule has 0 saturated heterocycles. The number of hydrogen-bond donors (Lipinski definition) is 5. The lowest BCUT2D eigenvalue weighted by Crippen LogP contribution is -2.44. The zero-order valence-electron chi connectivity index (χ0n) is 10.4. The number of rotatable bonds is 7. The Morgan fingerprint density at radius 1 is 1.20 bits per heavy atom. The lowest BCUT2D eigenvalue weighted by atomic mass is 10.1. The van der Waals surface area contributed by atoms with Crippen molar-refractivity contribution in [1.82, 2.24) is 10.8 Å². The predicted molar refractivity (Wildman–Crippen MR) is 66.2 cm³/mol. The lowest BCUT2D eigenvalue weighted by molar-refractivity contribution is -0.141. The van der Waals surface area contributed by atoms with Crippen molar-refractivity contribution in [3.05, 3.63) is 35.4 Å². The first kappa shape index (κ1) is 15.6. The number of amides is 1. The molecule has 1 unspecified atom stereocenters. The Kier molecular flexibility index (Phi) is 5.63. The van der Waals surface area contributed by atoms with Crippen LogP contribution >= 0.6 is 0 Å². The van der Waals surface area contributed by atoms with Gasteiger partial charge in [-0.2, -0.15) is 0 Å². The summed E-state index contributed by atoms with van der Waals surface area (Å²) >= 11 is 0. The summed E-state index contributed by atoms with van der Waals surface area (Å²) in [6.45, 7) is 0.0898. The van der Waals surface area contributed by atoms with E-state index in [9.17, 15) is 14.4 Å². The van der Waals surface area contributed by atoms with Gasteiger partial charge in [-0.1, -0.05) is 12.1 Å². The third-order valence-corrected chi connectivity index (χ3v) is 2.53. The molecule has 1 aromatic carbocycles. The Balaban J connectivity index is 2.71. The minimum Gasteiger partial charge on any atom is -0.481 e. The maximum absolute atomic E-state index is 11.3. The smallest absolute Gasteiger partial charge is 0.335 e. The van der Waals surface area contributed by atoms with Crippen LogP contribution in [-0.4, -0.2) is 39.3 Å². The van der Waals surface area contributed by atoms with Crippen LogP contribution in [-0.2, 0) is 16.1 Å². The average molecular weight is 282 g/mol. The highest BCUT2D eigenvalue weighted by atomic mass is 16.5. The normalized spacial score (nSPS) is 11.7. The van der Waals surface area contributed by atoms with E-state index in [1.165, 1.54) is 17.6 Å². The molecule has 1 atom stereocenters. The number of carbonyl (C=O) groups excluding carboxylic acids is 1. The summed E-state index contributed by atoms with van der Waals surface area (Å²) in [5, 5.41) is 28.7. The van der Waals surface area contributed by atoms with Gasteiger partial charge in [-0.25, -0.2) is 10.3 Å². The Morgan fingerprint density at radius 3 is 2.45 bits per heavy atom. The first-order valence-corrected chi connectivity index (χ1v) is 5.65. The van der Waals surface area contributed by atoms with Gasteiger partial charge in [0.15, 0.2) is 0 Å². The molecule has 0 bridgehead atoms. The Labute approximate surface area is 114 Å². The Morgan fingerprint density at radius 2 is 1.90 bits per heavy atom. The maximum Gasteiger partial charge on any atom is 0.335 e. The molecule has 0 aliphatic carbocycles. The van der Waals surface area contributed by atoms with E-state index < -0.39 is 30.3 Å². The number of hydroxylamine groups is 1. The molecular formula is C12H14N2O6. The SMILES string of the molecule is O=C(O)CC(NCc1cccc(C(=O)O)c1)C(=O)NO. The Hall–Kier alpha value is -2.45. The highest BCUT2D eigenvalue weighted by Gasteiger charge is 2.20. The average Bonchev–Trinajstić information content (AvgIpc) is 2.42. The minimum absolute atomic E-state index is 0.0886. The molecule has 1 aromatic rings. The van der Waals surface area contributed by atoms with Crippen LogP contribution in [0.3, 0.4) is 0 Å². The molecule has 8 nitrogen and oxygen atoms in total. The van der Waals surface area contributed by atoms with Gasteiger partial charge >= 0.3 is 11.9 Å². The van der Waals surface area contributed by atoms with Gasteiger partial charge in [0.25, 0.3) is 5.91 Å². The van der Waals surface area contributed by atoms with E-state index in [0.717, 1.165) is 0 Å². The quantitative estimate of drug-likeness (QED) is 0.346. The lowest BCUT2D eigenvalue weighted by Gasteiger charge is -2.14. The van der Waals surface area contributed by atoms with Crippen LogP contribution in [0.15, 0.2) is 24.3 Å². The van der Waals surface area contributed by atoms with Crippen molar-refractivity contribution in [2.75, 3.05) is 0 Å². The monoisotopic (exact) mass is 282 g/mol. The standard InChI is InChI=1S/C12H14N2O6/c15-10(16)5-9(11(17)14-20)13-6-7-2-1-3-8(4-7)12(18)19/h1-4,9,13,20H,5-6H2,(H,14,17)(H,15,16)(H,18,19). The maximum atomic E-state index is 11.3. The summed E-state index contributed by atoms with van der Waals surface area (Å²) in [5.74, 6) is -3.16. The molecule has 0 saturated carbocycles. The van der Waals surface area contributed by atoms with Crippen LogP contribution in [0.5, 0.6) is 0 Å².